The molecule has 0 saturated heterocycles. The fourth-order valence-electron chi connectivity index (χ4n) is 2.02. The first-order valence-corrected chi connectivity index (χ1v) is 5.44. The van der Waals surface area contributed by atoms with E-state index < -0.39 is 11.4 Å². The summed E-state index contributed by atoms with van der Waals surface area (Å²) in [4.78, 5) is 14.1. The lowest BCUT2D eigenvalue weighted by atomic mass is 9.95. The highest BCUT2D eigenvalue weighted by molar-refractivity contribution is 6.30. The van der Waals surface area contributed by atoms with Crippen molar-refractivity contribution >= 4 is 17.7 Å². The molecule has 0 amide bonds. The molecule has 0 heterocycles. The molecule has 1 fully saturated rings. The predicted molar refractivity (Wildman–Crippen MR) is 59.9 cm³/mol. The number of halogens is 2. The molecule has 0 aromatic heterocycles. The van der Waals surface area contributed by atoms with Gasteiger partial charge in [0.15, 0.2) is 0 Å². The van der Waals surface area contributed by atoms with Crippen LogP contribution < -0.4 is 0 Å². The van der Waals surface area contributed by atoms with E-state index in [0.717, 1.165) is 11.1 Å². The molecule has 84 valence electrons. The van der Waals surface area contributed by atoms with Crippen molar-refractivity contribution < 1.29 is 9.18 Å². The van der Waals surface area contributed by atoms with Gasteiger partial charge in [-0.1, -0.05) is 11.6 Å². The summed E-state index contributed by atoms with van der Waals surface area (Å²) in [5, 5.41) is 0.0884. The Bertz CT molecular complexity index is 476. The minimum atomic E-state index is -0.703. The highest BCUT2D eigenvalue weighted by Gasteiger charge is 2.48. The topological polar surface area (TPSA) is 29.4 Å². The highest BCUT2D eigenvalue weighted by atomic mass is 35.5. The second-order valence-corrected chi connectivity index (χ2v) is 4.63. The zero-order valence-electron chi connectivity index (χ0n) is 9.10. The van der Waals surface area contributed by atoms with Gasteiger partial charge >= 0.3 is 0 Å². The minimum absolute atomic E-state index is 0.0884. The van der Waals surface area contributed by atoms with Crippen LogP contribution in [0.5, 0.6) is 0 Å². The number of benzene rings is 1. The van der Waals surface area contributed by atoms with Crippen molar-refractivity contribution in [2.45, 2.75) is 32.2 Å². The van der Waals surface area contributed by atoms with Crippen LogP contribution in [0.15, 0.2) is 11.1 Å². The summed E-state index contributed by atoms with van der Waals surface area (Å²) >= 11 is 5.81. The smallest absolute Gasteiger partial charge is 0.211 e. The Morgan fingerprint density at radius 2 is 2.12 bits per heavy atom. The van der Waals surface area contributed by atoms with E-state index in [9.17, 15) is 9.18 Å². The van der Waals surface area contributed by atoms with Crippen LogP contribution in [-0.4, -0.2) is 6.08 Å². The number of isocyanates is 1. The fraction of sp³-hybridized carbons (Fsp3) is 0.417. The van der Waals surface area contributed by atoms with Gasteiger partial charge in [0, 0.05) is 5.56 Å². The first-order chi connectivity index (χ1) is 7.52. The normalized spacial score (nSPS) is 16.8. The summed E-state index contributed by atoms with van der Waals surface area (Å²) in [5.41, 5.74) is 1.49. The average Bonchev–Trinajstić information content (AvgIpc) is 2.97. The molecule has 0 bridgehead atoms. The van der Waals surface area contributed by atoms with E-state index in [2.05, 4.69) is 4.99 Å². The van der Waals surface area contributed by atoms with Gasteiger partial charge in [0.25, 0.3) is 0 Å². The molecule has 0 radical (unpaired) electrons. The van der Waals surface area contributed by atoms with Crippen LogP contribution in [0.1, 0.15) is 29.5 Å². The van der Waals surface area contributed by atoms with Crippen molar-refractivity contribution in [2.24, 2.45) is 4.99 Å². The highest BCUT2D eigenvalue weighted by Crippen LogP contribution is 2.52. The van der Waals surface area contributed by atoms with Crippen molar-refractivity contribution in [3.05, 3.63) is 33.6 Å². The number of hydrogen-bond acceptors (Lipinski definition) is 2. The van der Waals surface area contributed by atoms with Gasteiger partial charge in [-0.2, -0.15) is 4.99 Å². The van der Waals surface area contributed by atoms with Gasteiger partial charge < -0.3 is 0 Å². The molecule has 1 aromatic carbocycles. The third kappa shape index (κ3) is 1.57. The molecule has 0 N–H and O–H groups in total. The fourth-order valence-corrected chi connectivity index (χ4v) is 2.28. The molecule has 0 spiro atoms. The van der Waals surface area contributed by atoms with Crippen LogP contribution in [0.4, 0.5) is 4.39 Å². The van der Waals surface area contributed by atoms with Gasteiger partial charge in [-0.05, 0) is 43.9 Å². The number of aryl methyl sites for hydroxylation is 1. The maximum atomic E-state index is 14.0. The van der Waals surface area contributed by atoms with E-state index >= 15 is 0 Å². The van der Waals surface area contributed by atoms with Gasteiger partial charge in [0.2, 0.25) is 6.08 Å². The van der Waals surface area contributed by atoms with Crippen LogP contribution in [0.25, 0.3) is 0 Å². The third-order valence-corrected chi connectivity index (χ3v) is 3.46. The number of rotatable bonds is 2. The quantitative estimate of drug-likeness (QED) is 0.574. The summed E-state index contributed by atoms with van der Waals surface area (Å²) < 4.78 is 14.0. The summed E-state index contributed by atoms with van der Waals surface area (Å²) in [6.07, 6.45) is 2.89. The Kier molecular flexibility index (Phi) is 2.61. The van der Waals surface area contributed by atoms with Crippen LogP contribution >= 0.6 is 11.6 Å². The van der Waals surface area contributed by atoms with Crippen molar-refractivity contribution in [1.82, 2.24) is 0 Å². The van der Waals surface area contributed by atoms with Crippen LogP contribution in [0.3, 0.4) is 0 Å². The maximum absolute atomic E-state index is 14.0. The lowest BCUT2D eigenvalue weighted by Gasteiger charge is -2.16. The predicted octanol–water partition coefficient (Wildman–Crippen LogP) is 3.42. The lowest BCUT2D eigenvalue weighted by Crippen LogP contribution is -2.10. The Hall–Kier alpha value is -1.18. The van der Waals surface area contributed by atoms with Gasteiger partial charge in [0.05, 0.1) is 5.02 Å². The zero-order valence-corrected chi connectivity index (χ0v) is 9.86. The summed E-state index contributed by atoms with van der Waals surface area (Å²) in [5.74, 6) is -0.457. The van der Waals surface area contributed by atoms with E-state index in [4.69, 9.17) is 11.6 Å². The molecular weight excluding hydrogens is 229 g/mol. The second-order valence-electron chi connectivity index (χ2n) is 4.22. The summed E-state index contributed by atoms with van der Waals surface area (Å²) in [6, 6.07) is 1.59. The molecule has 1 aliphatic rings. The Balaban J connectivity index is 2.69. The molecule has 0 unspecified atom stereocenters. The van der Waals surface area contributed by atoms with Crippen LogP contribution in [-0.2, 0) is 10.3 Å². The van der Waals surface area contributed by atoms with Crippen molar-refractivity contribution in [3.8, 4) is 0 Å². The molecule has 4 heteroatoms. The summed E-state index contributed by atoms with van der Waals surface area (Å²) in [6.45, 7) is 3.69. The van der Waals surface area contributed by atoms with Gasteiger partial charge in [0.1, 0.15) is 11.4 Å². The number of hydrogen-bond donors (Lipinski definition) is 0. The molecule has 2 nitrogen and oxygen atoms in total. The minimum Gasteiger partial charge on any atom is -0.211 e. The monoisotopic (exact) mass is 239 g/mol. The number of nitrogens with zero attached hydrogens (tertiary/aromatic N) is 1. The SMILES string of the molecule is Cc1cc(Cl)c(F)c(C2(N=C=O)CC2)c1C. The first-order valence-electron chi connectivity index (χ1n) is 5.06. The number of carbonyl (C=O) groups excluding carboxylic acids is 1. The van der Waals surface area contributed by atoms with E-state index in [1.54, 1.807) is 6.07 Å². The van der Waals surface area contributed by atoms with Crippen LogP contribution in [0.2, 0.25) is 5.02 Å². The van der Waals surface area contributed by atoms with E-state index in [1.165, 1.54) is 6.08 Å². The van der Waals surface area contributed by atoms with Crippen molar-refractivity contribution in [3.63, 3.8) is 0 Å². The first kappa shape index (κ1) is 11.3. The third-order valence-electron chi connectivity index (χ3n) is 3.19. The number of aliphatic imine (C=N–C) groups is 1. The zero-order chi connectivity index (χ0) is 11.9. The van der Waals surface area contributed by atoms with Crippen molar-refractivity contribution in [1.29, 1.82) is 0 Å². The van der Waals surface area contributed by atoms with E-state index in [0.29, 0.717) is 18.4 Å². The summed E-state index contributed by atoms with van der Waals surface area (Å²) in [7, 11) is 0. The maximum Gasteiger partial charge on any atom is 0.235 e. The van der Waals surface area contributed by atoms with Gasteiger partial charge in [-0.3, -0.25) is 0 Å². The molecule has 1 aromatic rings. The van der Waals surface area contributed by atoms with E-state index in [1.807, 2.05) is 13.8 Å². The molecule has 16 heavy (non-hydrogen) atoms. The molecule has 0 aliphatic heterocycles. The molecule has 1 saturated carbocycles. The Labute approximate surface area is 98.1 Å². The Morgan fingerprint density at radius 1 is 1.50 bits per heavy atom. The van der Waals surface area contributed by atoms with Crippen LogP contribution in [0, 0.1) is 19.7 Å². The lowest BCUT2D eigenvalue weighted by molar-refractivity contribution is 0.546. The van der Waals surface area contributed by atoms with Crippen molar-refractivity contribution in [2.75, 3.05) is 0 Å². The molecular formula is C12H11ClFNO. The molecule has 2 rings (SSSR count). The largest absolute Gasteiger partial charge is 0.235 e. The standard InChI is InChI=1S/C12H11ClFNO/c1-7-5-9(13)11(14)10(8(7)2)12(3-4-12)15-6-16/h5H,3-4H2,1-2H3. The Morgan fingerprint density at radius 3 is 2.62 bits per heavy atom. The van der Waals surface area contributed by atoms with E-state index in [-0.39, 0.29) is 5.02 Å². The average molecular weight is 240 g/mol. The molecule has 1 aliphatic carbocycles. The van der Waals surface area contributed by atoms with Gasteiger partial charge in [-0.15, -0.1) is 0 Å². The second kappa shape index (κ2) is 3.69. The van der Waals surface area contributed by atoms with Gasteiger partial charge in [-0.25, -0.2) is 9.18 Å². The molecule has 0 atom stereocenters.